The maximum absolute atomic E-state index is 13.0. The molecule has 0 aliphatic carbocycles. The second-order valence-electron chi connectivity index (χ2n) is 7.66. The van der Waals surface area contributed by atoms with E-state index in [4.69, 9.17) is 9.15 Å². The lowest BCUT2D eigenvalue weighted by Gasteiger charge is -2.46. The molecule has 3 aliphatic rings. The molecule has 0 N–H and O–H groups in total. The van der Waals surface area contributed by atoms with Gasteiger partial charge in [0.25, 0.3) is 5.56 Å². The van der Waals surface area contributed by atoms with Gasteiger partial charge in [-0.15, -0.1) is 0 Å². The third-order valence-corrected chi connectivity index (χ3v) is 6.13. The summed E-state index contributed by atoms with van der Waals surface area (Å²) in [5.41, 5.74) is 1.98. The van der Waals surface area contributed by atoms with Crippen LogP contribution in [0.5, 0.6) is 0 Å². The van der Waals surface area contributed by atoms with Crippen molar-refractivity contribution in [2.45, 2.75) is 37.8 Å². The Morgan fingerprint density at radius 3 is 2.72 bits per heavy atom. The Bertz CT molecular complexity index is 805. The molecule has 2 atom stereocenters. The molecule has 0 spiro atoms. The number of furan rings is 1. The third-order valence-electron chi connectivity index (χ3n) is 6.13. The number of nitrogens with zero attached hydrogens (tertiary/aromatic N) is 2. The van der Waals surface area contributed by atoms with Gasteiger partial charge in [0.15, 0.2) is 0 Å². The topological polar surface area (TPSA) is 47.6 Å². The Hall–Kier alpha value is -1.85. The SMILES string of the molecule is O=c1c(-c2ccco2)ccc2n1C[C@@H]1C[C@@H]2CN(C2CCOCC2)C1. The van der Waals surface area contributed by atoms with Crippen molar-refractivity contribution in [3.05, 3.63) is 46.6 Å². The fourth-order valence-corrected chi connectivity index (χ4v) is 4.95. The predicted molar refractivity (Wildman–Crippen MR) is 94.7 cm³/mol. The van der Waals surface area contributed by atoms with Gasteiger partial charge in [-0.05, 0) is 49.4 Å². The third kappa shape index (κ3) is 2.66. The number of rotatable bonds is 2. The zero-order valence-electron chi connectivity index (χ0n) is 14.4. The highest BCUT2D eigenvalue weighted by Gasteiger charge is 2.37. The monoisotopic (exact) mass is 340 g/mol. The van der Waals surface area contributed by atoms with Crippen LogP contribution in [-0.2, 0) is 11.3 Å². The van der Waals surface area contributed by atoms with E-state index in [0.29, 0.717) is 29.2 Å². The summed E-state index contributed by atoms with van der Waals surface area (Å²) in [6.45, 7) is 4.79. The molecular weight excluding hydrogens is 316 g/mol. The number of hydrogen-bond donors (Lipinski definition) is 0. The standard InChI is InChI=1S/C20H24N2O3/c23-20-17(19-2-1-7-25-19)3-4-18-15-10-14(12-22(18)20)11-21(13-15)16-5-8-24-9-6-16/h1-4,7,14-16H,5-6,8-13H2/t14-,15-/m1/s1. The van der Waals surface area contributed by atoms with Gasteiger partial charge in [0.2, 0.25) is 0 Å². The number of aromatic nitrogens is 1. The molecule has 2 saturated heterocycles. The molecule has 0 unspecified atom stereocenters. The van der Waals surface area contributed by atoms with Gasteiger partial charge in [0.1, 0.15) is 5.76 Å². The van der Waals surface area contributed by atoms with E-state index >= 15 is 0 Å². The van der Waals surface area contributed by atoms with Crippen LogP contribution in [-0.4, -0.2) is 41.8 Å². The van der Waals surface area contributed by atoms with Crippen LogP contribution in [0.15, 0.2) is 39.7 Å². The van der Waals surface area contributed by atoms with E-state index in [1.165, 1.54) is 12.1 Å². The van der Waals surface area contributed by atoms with Gasteiger partial charge in [0.05, 0.1) is 11.8 Å². The zero-order chi connectivity index (χ0) is 16.8. The van der Waals surface area contributed by atoms with Crippen molar-refractivity contribution in [3.63, 3.8) is 0 Å². The van der Waals surface area contributed by atoms with Gasteiger partial charge in [-0.3, -0.25) is 9.69 Å². The van der Waals surface area contributed by atoms with Crippen molar-refractivity contribution in [1.82, 2.24) is 9.47 Å². The van der Waals surface area contributed by atoms with Crippen molar-refractivity contribution in [2.24, 2.45) is 5.92 Å². The van der Waals surface area contributed by atoms with Crippen LogP contribution < -0.4 is 5.56 Å². The molecule has 2 aromatic rings. The molecule has 5 heterocycles. The quantitative estimate of drug-likeness (QED) is 0.843. The Morgan fingerprint density at radius 2 is 1.92 bits per heavy atom. The van der Waals surface area contributed by atoms with E-state index in [9.17, 15) is 4.79 Å². The van der Waals surface area contributed by atoms with Crippen LogP contribution in [0.4, 0.5) is 0 Å². The average molecular weight is 340 g/mol. The fourth-order valence-electron chi connectivity index (χ4n) is 4.95. The minimum atomic E-state index is 0.0988. The van der Waals surface area contributed by atoms with Crippen LogP contribution in [0.2, 0.25) is 0 Å². The second-order valence-corrected chi connectivity index (χ2v) is 7.66. The number of pyridine rings is 1. The molecule has 5 nitrogen and oxygen atoms in total. The molecule has 25 heavy (non-hydrogen) atoms. The lowest BCUT2D eigenvalue weighted by molar-refractivity contribution is 0.00588. The van der Waals surface area contributed by atoms with Crippen molar-refractivity contribution >= 4 is 0 Å². The summed E-state index contributed by atoms with van der Waals surface area (Å²) in [6.07, 6.45) is 5.12. The van der Waals surface area contributed by atoms with Gasteiger partial charge in [-0.1, -0.05) is 0 Å². The maximum Gasteiger partial charge on any atom is 0.261 e. The van der Waals surface area contributed by atoms with Crippen LogP contribution in [0, 0.1) is 5.92 Å². The molecule has 2 fully saturated rings. The Kier molecular flexibility index (Phi) is 3.79. The van der Waals surface area contributed by atoms with Gasteiger partial charge in [-0.25, -0.2) is 0 Å². The molecule has 2 bridgehead atoms. The molecule has 0 saturated carbocycles. The van der Waals surface area contributed by atoms with Gasteiger partial charge < -0.3 is 13.7 Å². The number of likely N-dealkylation sites (tertiary alicyclic amines) is 1. The highest BCUT2D eigenvalue weighted by atomic mass is 16.5. The first kappa shape index (κ1) is 15.4. The number of hydrogen-bond acceptors (Lipinski definition) is 4. The largest absolute Gasteiger partial charge is 0.464 e. The Balaban J connectivity index is 1.46. The van der Waals surface area contributed by atoms with E-state index in [1.54, 1.807) is 6.26 Å². The van der Waals surface area contributed by atoms with Gasteiger partial charge in [-0.2, -0.15) is 0 Å². The van der Waals surface area contributed by atoms with Crippen LogP contribution in [0.1, 0.15) is 30.9 Å². The molecule has 3 aliphatic heterocycles. The molecule has 2 aromatic heterocycles. The van der Waals surface area contributed by atoms with Gasteiger partial charge >= 0.3 is 0 Å². The maximum atomic E-state index is 13.0. The second kappa shape index (κ2) is 6.15. The summed E-state index contributed by atoms with van der Waals surface area (Å²) < 4.78 is 13.0. The minimum absolute atomic E-state index is 0.0988. The van der Waals surface area contributed by atoms with Crippen molar-refractivity contribution in [3.8, 4) is 11.3 Å². The molecular formula is C20H24N2O3. The van der Waals surface area contributed by atoms with Crippen LogP contribution in [0.3, 0.4) is 0 Å². The molecule has 0 amide bonds. The van der Waals surface area contributed by atoms with Crippen LogP contribution in [0.25, 0.3) is 11.3 Å². The van der Waals surface area contributed by atoms with E-state index < -0.39 is 0 Å². The molecule has 132 valence electrons. The molecule has 5 rings (SSSR count). The first-order valence-corrected chi connectivity index (χ1v) is 9.39. The zero-order valence-corrected chi connectivity index (χ0v) is 14.4. The lowest BCUT2D eigenvalue weighted by Crippen LogP contribution is -2.51. The first-order valence-electron chi connectivity index (χ1n) is 9.39. The summed E-state index contributed by atoms with van der Waals surface area (Å²) in [5.74, 6) is 1.70. The average Bonchev–Trinajstić information content (AvgIpc) is 3.18. The van der Waals surface area contributed by atoms with E-state index in [1.807, 2.05) is 22.8 Å². The summed E-state index contributed by atoms with van der Waals surface area (Å²) in [4.78, 5) is 15.7. The summed E-state index contributed by atoms with van der Waals surface area (Å²) >= 11 is 0. The van der Waals surface area contributed by atoms with Crippen molar-refractivity contribution < 1.29 is 9.15 Å². The Labute approximate surface area is 147 Å². The van der Waals surface area contributed by atoms with E-state index in [0.717, 1.165) is 45.7 Å². The van der Waals surface area contributed by atoms with E-state index in [2.05, 4.69) is 11.0 Å². The predicted octanol–water partition coefficient (Wildman–Crippen LogP) is 2.71. The summed E-state index contributed by atoms with van der Waals surface area (Å²) in [5, 5.41) is 0. The van der Waals surface area contributed by atoms with E-state index in [-0.39, 0.29) is 5.56 Å². The van der Waals surface area contributed by atoms with Crippen LogP contribution >= 0.6 is 0 Å². The molecule has 0 radical (unpaired) electrons. The first-order chi connectivity index (χ1) is 12.3. The highest BCUT2D eigenvalue weighted by molar-refractivity contribution is 5.56. The molecule has 5 heteroatoms. The number of piperidine rings is 1. The highest BCUT2D eigenvalue weighted by Crippen LogP contribution is 2.37. The minimum Gasteiger partial charge on any atom is -0.464 e. The number of ether oxygens (including phenoxy) is 1. The summed E-state index contributed by atoms with van der Waals surface area (Å²) in [6, 6.07) is 8.44. The fraction of sp³-hybridized carbons (Fsp3) is 0.550. The number of fused-ring (bicyclic) bond motifs is 4. The van der Waals surface area contributed by atoms with Gasteiger partial charge in [0, 0.05) is 50.5 Å². The van der Waals surface area contributed by atoms with Crippen molar-refractivity contribution in [1.29, 1.82) is 0 Å². The normalized spacial score (nSPS) is 27.2. The molecule has 0 aromatic carbocycles. The smallest absolute Gasteiger partial charge is 0.261 e. The lowest BCUT2D eigenvalue weighted by atomic mass is 9.82. The Morgan fingerprint density at radius 1 is 1.04 bits per heavy atom. The van der Waals surface area contributed by atoms with Crippen molar-refractivity contribution in [2.75, 3.05) is 26.3 Å². The summed E-state index contributed by atoms with van der Waals surface area (Å²) in [7, 11) is 0.